The summed E-state index contributed by atoms with van der Waals surface area (Å²) in [5.74, 6) is 2.48. The molecular formula is C14H21N5. The highest BCUT2D eigenvalue weighted by Crippen LogP contribution is 2.13. The average Bonchev–Trinajstić information content (AvgIpc) is 2.83. The Morgan fingerprint density at radius 1 is 1.21 bits per heavy atom. The molecule has 2 rings (SSSR count). The summed E-state index contributed by atoms with van der Waals surface area (Å²) in [6, 6.07) is 0. The van der Waals surface area contributed by atoms with Crippen molar-refractivity contribution in [3.05, 3.63) is 35.8 Å². The lowest BCUT2D eigenvalue weighted by atomic mass is 10.2. The maximum atomic E-state index is 4.38. The Kier molecular flexibility index (Phi) is 4.14. The Hall–Kier alpha value is -1.91. The second-order valence-electron chi connectivity index (χ2n) is 4.99. The summed E-state index contributed by atoms with van der Waals surface area (Å²) in [5, 5.41) is 3.36. The molecule has 2 aromatic heterocycles. The first-order chi connectivity index (χ1) is 9.09. The van der Waals surface area contributed by atoms with Crippen LogP contribution in [0.3, 0.4) is 0 Å². The number of aryl methyl sites for hydroxylation is 1. The van der Waals surface area contributed by atoms with Crippen molar-refractivity contribution < 1.29 is 0 Å². The standard InChI is InChI=1S/C14H21N5/c1-10(2)14-16-6-8-19(14)7-5-15-13-11(3)12(4)17-9-18-13/h6,8-10H,5,7H2,1-4H3,(H,15,17,18). The Morgan fingerprint density at radius 2 is 2.00 bits per heavy atom. The lowest BCUT2D eigenvalue weighted by Gasteiger charge is -2.12. The zero-order chi connectivity index (χ0) is 13.8. The third kappa shape index (κ3) is 3.10. The van der Waals surface area contributed by atoms with Gasteiger partial charge in [0.25, 0.3) is 0 Å². The summed E-state index contributed by atoms with van der Waals surface area (Å²) >= 11 is 0. The molecule has 0 saturated heterocycles. The van der Waals surface area contributed by atoms with E-state index in [0.29, 0.717) is 5.92 Å². The van der Waals surface area contributed by atoms with Gasteiger partial charge < -0.3 is 9.88 Å². The molecule has 0 bridgehead atoms. The highest BCUT2D eigenvalue weighted by atomic mass is 15.1. The Labute approximate surface area is 114 Å². The summed E-state index contributed by atoms with van der Waals surface area (Å²) < 4.78 is 2.18. The SMILES string of the molecule is Cc1ncnc(NCCn2ccnc2C(C)C)c1C. The fourth-order valence-electron chi connectivity index (χ4n) is 2.02. The van der Waals surface area contributed by atoms with Crippen molar-refractivity contribution in [2.24, 2.45) is 0 Å². The van der Waals surface area contributed by atoms with Crippen LogP contribution >= 0.6 is 0 Å². The van der Waals surface area contributed by atoms with Gasteiger partial charge in [-0.1, -0.05) is 13.8 Å². The van der Waals surface area contributed by atoms with Crippen LogP contribution in [0.1, 0.15) is 36.8 Å². The fraction of sp³-hybridized carbons (Fsp3) is 0.500. The zero-order valence-corrected chi connectivity index (χ0v) is 12.0. The highest BCUT2D eigenvalue weighted by Gasteiger charge is 2.07. The van der Waals surface area contributed by atoms with E-state index in [0.717, 1.165) is 36.0 Å². The van der Waals surface area contributed by atoms with Gasteiger partial charge in [-0.05, 0) is 13.8 Å². The van der Waals surface area contributed by atoms with Crippen LogP contribution in [0, 0.1) is 13.8 Å². The number of aromatic nitrogens is 4. The summed E-state index contributed by atoms with van der Waals surface area (Å²) in [5.41, 5.74) is 2.13. The number of imidazole rings is 1. The van der Waals surface area contributed by atoms with Gasteiger partial charge in [-0.15, -0.1) is 0 Å². The normalized spacial score (nSPS) is 11.0. The van der Waals surface area contributed by atoms with Crippen molar-refractivity contribution in [3.63, 3.8) is 0 Å². The van der Waals surface area contributed by atoms with Gasteiger partial charge in [-0.2, -0.15) is 0 Å². The van der Waals surface area contributed by atoms with Crippen molar-refractivity contribution in [2.45, 2.75) is 40.2 Å². The summed E-state index contributed by atoms with van der Waals surface area (Å²) in [4.78, 5) is 12.8. The van der Waals surface area contributed by atoms with Crippen molar-refractivity contribution in [1.29, 1.82) is 0 Å². The fourth-order valence-corrected chi connectivity index (χ4v) is 2.02. The molecule has 0 spiro atoms. The van der Waals surface area contributed by atoms with Gasteiger partial charge in [-0.25, -0.2) is 15.0 Å². The molecule has 2 heterocycles. The summed E-state index contributed by atoms with van der Waals surface area (Å²) in [7, 11) is 0. The van der Waals surface area contributed by atoms with E-state index in [2.05, 4.69) is 38.7 Å². The second-order valence-corrected chi connectivity index (χ2v) is 4.99. The summed E-state index contributed by atoms with van der Waals surface area (Å²) in [6.45, 7) is 10.1. The minimum absolute atomic E-state index is 0.443. The molecular weight excluding hydrogens is 238 g/mol. The van der Waals surface area contributed by atoms with Crippen LogP contribution in [0.4, 0.5) is 5.82 Å². The van der Waals surface area contributed by atoms with Gasteiger partial charge in [0.05, 0.1) is 0 Å². The third-order valence-corrected chi connectivity index (χ3v) is 3.25. The van der Waals surface area contributed by atoms with Gasteiger partial charge in [0, 0.05) is 42.7 Å². The monoisotopic (exact) mass is 259 g/mol. The molecule has 1 N–H and O–H groups in total. The topological polar surface area (TPSA) is 55.6 Å². The number of hydrogen-bond donors (Lipinski definition) is 1. The van der Waals surface area contributed by atoms with E-state index in [1.807, 2.05) is 26.2 Å². The molecule has 19 heavy (non-hydrogen) atoms. The maximum absolute atomic E-state index is 4.38. The molecule has 0 atom stereocenters. The van der Waals surface area contributed by atoms with Gasteiger partial charge in [0.2, 0.25) is 0 Å². The molecule has 102 valence electrons. The molecule has 0 unspecified atom stereocenters. The van der Waals surface area contributed by atoms with E-state index >= 15 is 0 Å². The zero-order valence-electron chi connectivity index (χ0n) is 12.0. The van der Waals surface area contributed by atoms with E-state index in [9.17, 15) is 0 Å². The molecule has 0 aliphatic heterocycles. The van der Waals surface area contributed by atoms with Crippen LogP contribution in [-0.2, 0) is 6.54 Å². The number of anilines is 1. The highest BCUT2D eigenvalue weighted by molar-refractivity contribution is 5.44. The molecule has 0 aliphatic rings. The van der Waals surface area contributed by atoms with Crippen LogP contribution in [0.2, 0.25) is 0 Å². The minimum Gasteiger partial charge on any atom is -0.368 e. The minimum atomic E-state index is 0.443. The third-order valence-electron chi connectivity index (χ3n) is 3.25. The quantitative estimate of drug-likeness (QED) is 0.896. The molecule has 0 aromatic carbocycles. The van der Waals surface area contributed by atoms with Crippen LogP contribution in [0.5, 0.6) is 0 Å². The van der Waals surface area contributed by atoms with E-state index in [-0.39, 0.29) is 0 Å². The number of nitrogens with zero attached hydrogens (tertiary/aromatic N) is 4. The predicted octanol–water partition coefficient (Wildman–Crippen LogP) is 2.53. The van der Waals surface area contributed by atoms with E-state index in [1.54, 1.807) is 6.33 Å². The smallest absolute Gasteiger partial charge is 0.132 e. The van der Waals surface area contributed by atoms with Crippen molar-refractivity contribution >= 4 is 5.82 Å². The molecule has 0 aliphatic carbocycles. The lowest BCUT2D eigenvalue weighted by Crippen LogP contribution is -2.14. The Balaban J connectivity index is 1.97. The predicted molar refractivity (Wildman–Crippen MR) is 76.3 cm³/mol. The first kappa shape index (κ1) is 13.5. The molecule has 2 aromatic rings. The largest absolute Gasteiger partial charge is 0.368 e. The Bertz CT molecular complexity index is 545. The molecule has 5 nitrogen and oxygen atoms in total. The van der Waals surface area contributed by atoms with Crippen molar-refractivity contribution in [2.75, 3.05) is 11.9 Å². The van der Waals surface area contributed by atoms with Gasteiger partial charge in [0.1, 0.15) is 18.0 Å². The van der Waals surface area contributed by atoms with E-state index in [1.165, 1.54) is 0 Å². The number of rotatable bonds is 5. The van der Waals surface area contributed by atoms with Crippen molar-refractivity contribution in [1.82, 2.24) is 19.5 Å². The lowest BCUT2D eigenvalue weighted by molar-refractivity contribution is 0.636. The van der Waals surface area contributed by atoms with E-state index in [4.69, 9.17) is 0 Å². The van der Waals surface area contributed by atoms with Gasteiger partial charge in [0.15, 0.2) is 0 Å². The summed E-state index contributed by atoms with van der Waals surface area (Å²) in [6.07, 6.45) is 5.48. The number of nitrogens with one attached hydrogen (secondary N) is 1. The molecule has 0 saturated carbocycles. The van der Waals surface area contributed by atoms with Crippen LogP contribution in [0.25, 0.3) is 0 Å². The Morgan fingerprint density at radius 3 is 2.74 bits per heavy atom. The molecule has 5 heteroatoms. The van der Waals surface area contributed by atoms with E-state index < -0.39 is 0 Å². The molecule has 0 amide bonds. The number of hydrogen-bond acceptors (Lipinski definition) is 4. The average molecular weight is 259 g/mol. The second kappa shape index (κ2) is 5.82. The maximum Gasteiger partial charge on any atom is 0.132 e. The van der Waals surface area contributed by atoms with Gasteiger partial charge >= 0.3 is 0 Å². The van der Waals surface area contributed by atoms with Crippen LogP contribution < -0.4 is 5.32 Å². The van der Waals surface area contributed by atoms with Crippen LogP contribution in [0.15, 0.2) is 18.7 Å². The first-order valence-corrected chi connectivity index (χ1v) is 6.62. The van der Waals surface area contributed by atoms with Crippen molar-refractivity contribution in [3.8, 4) is 0 Å². The molecule has 0 radical (unpaired) electrons. The molecule has 0 fully saturated rings. The van der Waals surface area contributed by atoms with Crippen LogP contribution in [-0.4, -0.2) is 26.1 Å². The first-order valence-electron chi connectivity index (χ1n) is 6.62. The van der Waals surface area contributed by atoms with Gasteiger partial charge in [-0.3, -0.25) is 0 Å².